The van der Waals surface area contributed by atoms with E-state index in [1.807, 2.05) is 24.9 Å². The van der Waals surface area contributed by atoms with E-state index in [0.717, 1.165) is 32.2 Å². The number of alkyl halides is 2. The van der Waals surface area contributed by atoms with Crippen LogP contribution in [-0.4, -0.2) is 75.4 Å². The van der Waals surface area contributed by atoms with Crippen molar-refractivity contribution in [2.24, 2.45) is 0 Å². The van der Waals surface area contributed by atoms with Gasteiger partial charge in [0.1, 0.15) is 5.54 Å². The fourth-order valence-electron chi connectivity index (χ4n) is 5.25. The molecule has 35 heavy (non-hydrogen) atoms. The molecule has 1 saturated carbocycles. The molecule has 1 aromatic rings. The standard InChI is InChI=1S/C24H36F2N2O2.C3H7NO/c1-4-27-23(15-17-29-3)22(28(2)16-14-24(23,25)26)18-30-21-12-10-20(11-13-21)19-8-6-5-7-9-19;1-2-4-3-5/h4-9,20-22,27H,1,10-18H2,2-3H3;3H,2H2,1H3,(H,4,5). The lowest BCUT2D eigenvalue weighted by Crippen LogP contribution is -2.73. The SMILES string of the molecule is C=CNC1(CCOC)C(COC2CCC(c3ccccc3)CC2)N(C)CCC1(F)F.CCNC=O. The molecule has 2 unspecified atom stereocenters. The average molecular weight is 496 g/mol. The second-order valence-corrected chi connectivity index (χ2v) is 9.41. The van der Waals surface area contributed by atoms with E-state index in [-0.39, 0.29) is 32.2 Å². The molecule has 198 valence electrons. The maximum absolute atomic E-state index is 15.2. The van der Waals surface area contributed by atoms with E-state index in [2.05, 4.69) is 41.5 Å². The van der Waals surface area contributed by atoms with Gasteiger partial charge in [-0.15, -0.1) is 0 Å². The van der Waals surface area contributed by atoms with Gasteiger partial charge in [-0.1, -0.05) is 36.9 Å². The summed E-state index contributed by atoms with van der Waals surface area (Å²) in [6, 6.07) is 10.1. The quantitative estimate of drug-likeness (QED) is 0.448. The molecule has 1 aliphatic carbocycles. The third kappa shape index (κ3) is 7.72. The fraction of sp³-hybridized carbons (Fsp3) is 0.667. The first-order valence-electron chi connectivity index (χ1n) is 12.6. The second kappa shape index (κ2) is 14.5. The molecule has 1 heterocycles. The van der Waals surface area contributed by atoms with Gasteiger partial charge in [0.15, 0.2) is 0 Å². The number of nitrogens with one attached hydrogen (secondary N) is 2. The molecule has 8 heteroatoms. The highest BCUT2D eigenvalue weighted by Crippen LogP contribution is 2.43. The zero-order valence-electron chi connectivity index (χ0n) is 21.5. The number of benzene rings is 1. The lowest BCUT2D eigenvalue weighted by atomic mass is 9.75. The van der Waals surface area contributed by atoms with Crippen molar-refractivity contribution in [3.05, 3.63) is 48.7 Å². The van der Waals surface area contributed by atoms with E-state index in [4.69, 9.17) is 9.47 Å². The van der Waals surface area contributed by atoms with Crippen LogP contribution in [0.1, 0.15) is 56.9 Å². The number of nitrogens with zero attached hydrogens (tertiary/aromatic N) is 1. The third-order valence-corrected chi connectivity index (χ3v) is 7.31. The van der Waals surface area contributed by atoms with Crippen LogP contribution in [0, 0.1) is 0 Å². The van der Waals surface area contributed by atoms with Crippen molar-refractivity contribution >= 4 is 6.41 Å². The van der Waals surface area contributed by atoms with Crippen LogP contribution >= 0.6 is 0 Å². The predicted molar refractivity (Wildman–Crippen MR) is 136 cm³/mol. The summed E-state index contributed by atoms with van der Waals surface area (Å²) in [4.78, 5) is 11.3. The van der Waals surface area contributed by atoms with Gasteiger partial charge in [0.05, 0.1) is 18.8 Å². The summed E-state index contributed by atoms with van der Waals surface area (Å²) in [5, 5.41) is 5.36. The normalized spacial score (nSPS) is 28.3. The van der Waals surface area contributed by atoms with Gasteiger partial charge in [0, 0.05) is 39.6 Å². The number of halogens is 2. The number of methoxy groups -OCH3 is 1. The Morgan fingerprint density at radius 2 is 1.89 bits per heavy atom. The first-order chi connectivity index (χ1) is 16.8. The molecule has 0 radical (unpaired) electrons. The molecule has 1 aromatic carbocycles. The van der Waals surface area contributed by atoms with Gasteiger partial charge in [-0.05, 0) is 57.3 Å². The molecule has 0 bridgehead atoms. The number of carbonyl (C=O) groups is 1. The van der Waals surface area contributed by atoms with Crippen molar-refractivity contribution < 1.29 is 23.0 Å². The van der Waals surface area contributed by atoms with Crippen LogP contribution in [0.3, 0.4) is 0 Å². The molecule has 1 aliphatic heterocycles. The highest BCUT2D eigenvalue weighted by atomic mass is 19.3. The van der Waals surface area contributed by atoms with E-state index in [0.29, 0.717) is 18.9 Å². The number of ether oxygens (including phenoxy) is 2. The molecule has 2 aliphatic rings. The summed E-state index contributed by atoms with van der Waals surface area (Å²) >= 11 is 0. The first kappa shape index (κ1) is 29.2. The van der Waals surface area contributed by atoms with Crippen molar-refractivity contribution in [3.63, 3.8) is 0 Å². The predicted octanol–water partition coefficient (Wildman–Crippen LogP) is 4.33. The van der Waals surface area contributed by atoms with Gasteiger partial charge >= 0.3 is 0 Å². The van der Waals surface area contributed by atoms with Crippen LogP contribution in [0.25, 0.3) is 0 Å². The van der Waals surface area contributed by atoms with Crippen molar-refractivity contribution in [3.8, 4) is 0 Å². The topological polar surface area (TPSA) is 62.8 Å². The number of hydrogen-bond acceptors (Lipinski definition) is 5. The van der Waals surface area contributed by atoms with Crippen molar-refractivity contribution in [2.45, 2.75) is 75.0 Å². The summed E-state index contributed by atoms with van der Waals surface area (Å²) in [7, 11) is 3.45. The van der Waals surface area contributed by atoms with Crippen LogP contribution < -0.4 is 10.6 Å². The van der Waals surface area contributed by atoms with Gasteiger partial charge < -0.3 is 20.1 Å². The Kier molecular flexibility index (Phi) is 12.1. The minimum absolute atomic E-state index is 0.123. The summed E-state index contributed by atoms with van der Waals surface area (Å²) in [6.45, 7) is 7.14. The number of likely N-dealkylation sites (tertiary alicyclic amines) is 1. The van der Waals surface area contributed by atoms with Crippen LogP contribution in [0.2, 0.25) is 0 Å². The highest BCUT2D eigenvalue weighted by molar-refractivity contribution is 5.45. The van der Waals surface area contributed by atoms with Crippen molar-refractivity contribution in [1.82, 2.24) is 15.5 Å². The number of carbonyl (C=O) groups excluding carboxylic acids is 1. The van der Waals surface area contributed by atoms with Crippen molar-refractivity contribution in [2.75, 3.05) is 40.5 Å². The Labute approximate surface area is 209 Å². The molecule has 6 nitrogen and oxygen atoms in total. The zero-order chi connectivity index (χ0) is 25.7. The van der Waals surface area contributed by atoms with Gasteiger partial charge in [-0.3, -0.25) is 9.69 Å². The average Bonchev–Trinajstić information content (AvgIpc) is 2.87. The van der Waals surface area contributed by atoms with Gasteiger partial charge in [-0.2, -0.15) is 0 Å². The lowest BCUT2D eigenvalue weighted by molar-refractivity contribution is -0.175. The van der Waals surface area contributed by atoms with Gasteiger partial charge in [0.25, 0.3) is 5.92 Å². The number of piperidine rings is 1. The van der Waals surface area contributed by atoms with Crippen LogP contribution in [-0.2, 0) is 14.3 Å². The van der Waals surface area contributed by atoms with Gasteiger partial charge in [0.2, 0.25) is 6.41 Å². The number of likely N-dealkylation sites (N-methyl/N-ethyl adjacent to an activating group) is 1. The van der Waals surface area contributed by atoms with E-state index >= 15 is 8.78 Å². The lowest BCUT2D eigenvalue weighted by Gasteiger charge is -2.53. The minimum Gasteiger partial charge on any atom is -0.385 e. The van der Waals surface area contributed by atoms with Crippen LogP contribution in [0.4, 0.5) is 8.78 Å². The molecule has 1 amide bonds. The van der Waals surface area contributed by atoms with Crippen LogP contribution in [0.5, 0.6) is 0 Å². The highest BCUT2D eigenvalue weighted by Gasteiger charge is 2.61. The largest absolute Gasteiger partial charge is 0.385 e. The van der Waals surface area contributed by atoms with E-state index < -0.39 is 17.5 Å². The summed E-state index contributed by atoms with van der Waals surface area (Å²) in [6.07, 6.45) is 6.28. The molecule has 2 fully saturated rings. The molecule has 2 atom stereocenters. The number of amides is 1. The summed E-state index contributed by atoms with van der Waals surface area (Å²) in [5.74, 6) is -2.30. The molecular formula is C27H43F2N3O3. The van der Waals surface area contributed by atoms with E-state index in [1.165, 1.54) is 11.8 Å². The van der Waals surface area contributed by atoms with Crippen molar-refractivity contribution in [1.29, 1.82) is 0 Å². The summed E-state index contributed by atoms with van der Waals surface area (Å²) in [5.41, 5.74) is -0.0599. The Bertz CT molecular complexity index is 744. The maximum Gasteiger partial charge on any atom is 0.273 e. The molecule has 0 aromatic heterocycles. The van der Waals surface area contributed by atoms with E-state index in [9.17, 15) is 4.79 Å². The molecule has 2 N–H and O–H groups in total. The molecular weight excluding hydrogens is 452 g/mol. The zero-order valence-corrected chi connectivity index (χ0v) is 21.5. The maximum atomic E-state index is 15.2. The number of hydrogen-bond donors (Lipinski definition) is 2. The third-order valence-electron chi connectivity index (χ3n) is 7.31. The van der Waals surface area contributed by atoms with E-state index in [1.54, 1.807) is 7.11 Å². The number of rotatable bonds is 11. The fourth-order valence-corrected chi connectivity index (χ4v) is 5.25. The monoisotopic (exact) mass is 495 g/mol. The second-order valence-electron chi connectivity index (χ2n) is 9.41. The minimum atomic E-state index is -2.87. The van der Waals surface area contributed by atoms with Gasteiger partial charge in [-0.25, -0.2) is 8.78 Å². The Balaban J connectivity index is 0.000000784. The molecule has 1 saturated heterocycles. The smallest absolute Gasteiger partial charge is 0.273 e. The Morgan fingerprint density at radius 3 is 2.43 bits per heavy atom. The Hall–Kier alpha value is -2.03. The molecule has 0 spiro atoms. The Morgan fingerprint density at radius 1 is 1.20 bits per heavy atom. The van der Waals surface area contributed by atoms with Crippen LogP contribution in [0.15, 0.2) is 43.1 Å². The molecule has 3 rings (SSSR count). The summed E-state index contributed by atoms with van der Waals surface area (Å²) < 4.78 is 41.9. The first-order valence-corrected chi connectivity index (χ1v) is 12.6.